The first-order valence-corrected chi connectivity index (χ1v) is 7.82. The van der Waals surface area contributed by atoms with Crippen LogP contribution in [-0.2, 0) is 11.3 Å². The normalized spacial score (nSPS) is 23.1. The smallest absolute Gasteiger partial charge is 0.128 e. The van der Waals surface area contributed by atoms with Crippen molar-refractivity contribution in [1.29, 1.82) is 0 Å². The van der Waals surface area contributed by atoms with Gasteiger partial charge in [0, 0.05) is 31.4 Å². The third-order valence-corrected chi connectivity index (χ3v) is 4.26. The molecule has 4 heteroatoms. The largest absolute Gasteiger partial charge is 0.375 e. The Morgan fingerprint density at radius 3 is 2.95 bits per heavy atom. The minimum Gasteiger partial charge on any atom is -0.375 e. The van der Waals surface area contributed by atoms with Gasteiger partial charge in [-0.1, -0.05) is 13.0 Å². The van der Waals surface area contributed by atoms with Crippen LogP contribution < -0.4 is 10.2 Å². The number of morpholine rings is 1. The molecule has 0 amide bonds. The Morgan fingerprint density at radius 1 is 1.40 bits per heavy atom. The van der Waals surface area contributed by atoms with Crippen LogP contribution in [0.1, 0.15) is 37.4 Å². The molecule has 1 N–H and O–H groups in total. The van der Waals surface area contributed by atoms with Crippen LogP contribution in [0.5, 0.6) is 0 Å². The van der Waals surface area contributed by atoms with Gasteiger partial charge in [0.1, 0.15) is 5.82 Å². The molecule has 1 saturated carbocycles. The topological polar surface area (TPSA) is 37.4 Å². The molecule has 0 radical (unpaired) electrons. The Hall–Kier alpha value is -1.13. The number of hydrogen-bond donors (Lipinski definition) is 1. The molecule has 1 saturated heterocycles. The molecule has 2 aliphatic rings. The van der Waals surface area contributed by atoms with E-state index in [4.69, 9.17) is 9.72 Å². The van der Waals surface area contributed by atoms with Crippen LogP contribution in [0, 0.1) is 6.92 Å². The Balaban J connectivity index is 1.65. The fourth-order valence-electron chi connectivity index (χ4n) is 2.66. The molecule has 1 aliphatic heterocycles. The van der Waals surface area contributed by atoms with Crippen molar-refractivity contribution in [2.45, 2.75) is 51.8 Å². The molecule has 1 unspecified atom stereocenters. The fourth-order valence-corrected chi connectivity index (χ4v) is 2.66. The van der Waals surface area contributed by atoms with Gasteiger partial charge in [-0.25, -0.2) is 4.98 Å². The molecule has 110 valence electrons. The zero-order valence-electron chi connectivity index (χ0n) is 12.6. The van der Waals surface area contributed by atoms with E-state index < -0.39 is 0 Å². The maximum Gasteiger partial charge on any atom is 0.128 e. The van der Waals surface area contributed by atoms with Gasteiger partial charge in [0.05, 0.1) is 12.7 Å². The van der Waals surface area contributed by atoms with Gasteiger partial charge in [0.15, 0.2) is 0 Å². The molecule has 1 atom stereocenters. The van der Waals surface area contributed by atoms with Crippen molar-refractivity contribution >= 4 is 5.82 Å². The van der Waals surface area contributed by atoms with Gasteiger partial charge in [-0.3, -0.25) is 0 Å². The lowest BCUT2D eigenvalue weighted by Gasteiger charge is -2.33. The first-order chi connectivity index (χ1) is 9.76. The van der Waals surface area contributed by atoms with E-state index in [1.807, 2.05) is 0 Å². The van der Waals surface area contributed by atoms with E-state index >= 15 is 0 Å². The molecule has 1 aromatic rings. The molecule has 20 heavy (non-hydrogen) atoms. The van der Waals surface area contributed by atoms with Gasteiger partial charge >= 0.3 is 0 Å². The summed E-state index contributed by atoms with van der Waals surface area (Å²) in [5.74, 6) is 1.10. The van der Waals surface area contributed by atoms with Gasteiger partial charge in [-0.05, 0) is 37.8 Å². The van der Waals surface area contributed by atoms with E-state index in [2.05, 4.69) is 36.2 Å². The molecule has 1 aromatic heterocycles. The SMILES string of the molecule is CCC1CN(c2ccc(CNC3CC3)c(C)n2)CCO1. The molecule has 4 nitrogen and oxygen atoms in total. The summed E-state index contributed by atoms with van der Waals surface area (Å²) in [6.07, 6.45) is 4.08. The van der Waals surface area contributed by atoms with Crippen LogP contribution >= 0.6 is 0 Å². The predicted octanol–water partition coefficient (Wildman–Crippen LogP) is 2.26. The van der Waals surface area contributed by atoms with Crippen molar-refractivity contribution in [3.63, 3.8) is 0 Å². The number of aryl methyl sites for hydroxylation is 1. The molecular formula is C16H25N3O. The third-order valence-electron chi connectivity index (χ3n) is 4.26. The van der Waals surface area contributed by atoms with E-state index in [9.17, 15) is 0 Å². The number of nitrogens with zero attached hydrogens (tertiary/aromatic N) is 2. The highest BCUT2D eigenvalue weighted by Crippen LogP contribution is 2.21. The third kappa shape index (κ3) is 3.30. The van der Waals surface area contributed by atoms with Crippen LogP contribution in [0.2, 0.25) is 0 Å². The quantitative estimate of drug-likeness (QED) is 0.894. The summed E-state index contributed by atoms with van der Waals surface area (Å²) in [7, 11) is 0. The maximum atomic E-state index is 5.73. The number of nitrogens with one attached hydrogen (secondary N) is 1. The highest BCUT2D eigenvalue weighted by molar-refractivity contribution is 5.42. The second kappa shape index (κ2) is 6.10. The second-order valence-corrected chi connectivity index (χ2v) is 5.92. The number of aromatic nitrogens is 1. The molecule has 0 bridgehead atoms. The average Bonchev–Trinajstić information content (AvgIpc) is 3.30. The predicted molar refractivity (Wildman–Crippen MR) is 81.1 cm³/mol. The average molecular weight is 275 g/mol. The second-order valence-electron chi connectivity index (χ2n) is 5.92. The van der Waals surface area contributed by atoms with Crippen LogP contribution in [0.25, 0.3) is 0 Å². The van der Waals surface area contributed by atoms with Crippen LogP contribution in [-0.4, -0.2) is 36.8 Å². The van der Waals surface area contributed by atoms with Gasteiger partial charge in [-0.15, -0.1) is 0 Å². The summed E-state index contributed by atoms with van der Waals surface area (Å²) < 4.78 is 5.73. The van der Waals surface area contributed by atoms with Crippen LogP contribution in [0.4, 0.5) is 5.82 Å². The van der Waals surface area contributed by atoms with E-state index in [1.165, 1.54) is 18.4 Å². The summed E-state index contributed by atoms with van der Waals surface area (Å²) in [6, 6.07) is 5.14. The van der Waals surface area contributed by atoms with E-state index in [0.29, 0.717) is 6.10 Å². The highest BCUT2D eigenvalue weighted by atomic mass is 16.5. The van der Waals surface area contributed by atoms with Crippen molar-refractivity contribution in [3.8, 4) is 0 Å². The molecule has 2 heterocycles. The molecule has 3 rings (SSSR count). The van der Waals surface area contributed by atoms with E-state index in [0.717, 1.165) is 50.2 Å². The minimum atomic E-state index is 0.349. The van der Waals surface area contributed by atoms with Crippen molar-refractivity contribution < 1.29 is 4.74 Å². The highest BCUT2D eigenvalue weighted by Gasteiger charge is 2.22. The lowest BCUT2D eigenvalue weighted by atomic mass is 10.2. The van der Waals surface area contributed by atoms with Gasteiger partial charge in [-0.2, -0.15) is 0 Å². The maximum absolute atomic E-state index is 5.73. The summed E-state index contributed by atoms with van der Waals surface area (Å²) in [6.45, 7) is 7.96. The first-order valence-electron chi connectivity index (χ1n) is 7.82. The van der Waals surface area contributed by atoms with Crippen molar-refractivity contribution in [3.05, 3.63) is 23.4 Å². The van der Waals surface area contributed by atoms with Gasteiger partial charge < -0.3 is 15.0 Å². The number of rotatable bonds is 5. The summed E-state index contributed by atoms with van der Waals surface area (Å²) in [4.78, 5) is 7.14. The Morgan fingerprint density at radius 2 is 2.25 bits per heavy atom. The summed E-state index contributed by atoms with van der Waals surface area (Å²) in [5, 5.41) is 3.56. The van der Waals surface area contributed by atoms with Gasteiger partial charge in [0.2, 0.25) is 0 Å². The first kappa shape index (κ1) is 13.8. The Labute approximate surface area is 121 Å². The number of hydrogen-bond acceptors (Lipinski definition) is 4. The molecule has 2 fully saturated rings. The van der Waals surface area contributed by atoms with Gasteiger partial charge in [0.25, 0.3) is 0 Å². The molecular weight excluding hydrogens is 250 g/mol. The van der Waals surface area contributed by atoms with Crippen LogP contribution in [0.3, 0.4) is 0 Å². The molecule has 1 aliphatic carbocycles. The van der Waals surface area contributed by atoms with E-state index in [-0.39, 0.29) is 0 Å². The lowest BCUT2D eigenvalue weighted by molar-refractivity contribution is 0.0381. The van der Waals surface area contributed by atoms with E-state index in [1.54, 1.807) is 0 Å². The van der Waals surface area contributed by atoms with Crippen molar-refractivity contribution in [1.82, 2.24) is 10.3 Å². The number of ether oxygens (including phenoxy) is 1. The summed E-state index contributed by atoms with van der Waals surface area (Å²) >= 11 is 0. The monoisotopic (exact) mass is 275 g/mol. The molecule has 0 spiro atoms. The zero-order valence-corrected chi connectivity index (χ0v) is 12.6. The lowest BCUT2D eigenvalue weighted by Crippen LogP contribution is -2.42. The Bertz CT molecular complexity index is 459. The zero-order chi connectivity index (χ0) is 13.9. The molecule has 0 aromatic carbocycles. The number of pyridine rings is 1. The minimum absolute atomic E-state index is 0.349. The number of anilines is 1. The van der Waals surface area contributed by atoms with Crippen molar-refractivity contribution in [2.24, 2.45) is 0 Å². The van der Waals surface area contributed by atoms with Crippen LogP contribution in [0.15, 0.2) is 12.1 Å². The summed E-state index contributed by atoms with van der Waals surface area (Å²) in [5.41, 5.74) is 2.47. The fraction of sp³-hybridized carbons (Fsp3) is 0.688. The van der Waals surface area contributed by atoms with Crippen molar-refractivity contribution in [2.75, 3.05) is 24.6 Å². The Kier molecular flexibility index (Phi) is 4.22. The standard InChI is InChI=1S/C16H25N3O/c1-3-15-11-19(8-9-20-15)16-7-4-13(12(2)18-16)10-17-14-5-6-14/h4,7,14-15,17H,3,5-6,8-11H2,1-2H3.